The van der Waals surface area contributed by atoms with Crippen LogP contribution in [0.3, 0.4) is 0 Å². The molecule has 2 rings (SSSR count). The van der Waals surface area contributed by atoms with Crippen molar-refractivity contribution in [1.29, 1.82) is 0 Å². The Morgan fingerprint density at radius 3 is 2.52 bits per heavy atom. The van der Waals surface area contributed by atoms with E-state index in [1.165, 1.54) is 19.3 Å². The number of nitrogens with zero attached hydrogens (tertiary/aromatic N) is 1. The Kier molecular flexibility index (Phi) is 7.71. The predicted octanol–water partition coefficient (Wildman–Crippen LogP) is 4.80. The Hall–Kier alpha value is -2.49. The van der Waals surface area contributed by atoms with Gasteiger partial charge in [-0.2, -0.15) is 0 Å². The molecule has 0 saturated heterocycles. The summed E-state index contributed by atoms with van der Waals surface area (Å²) in [7, 11) is 1.66. The van der Waals surface area contributed by atoms with Gasteiger partial charge >= 0.3 is 0 Å². The average Bonchev–Trinajstić information content (AvgIpc) is 2.70. The van der Waals surface area contributed by atoms with E-state index in [-0.39, 0.29) is 11.8 Å². The van der Waals surface area contributed by atoms with Crippen LogP contribution in [0.1, 0.15) is 67.4 Å². The van der Waals surface area contributed by atoms with Crippen LogP contribution in [0.15, 0.2) is 42.5 Å². The Labute approximate surface area is 163 Å². The molecule has 0 saturated carbocycles. The molecule has 4 heteroatoms. The molecule has 2 aromatic carbocycles. The second-order valence-electron chi connectivity index (χ2n) is 6.99. The topological polar surface area (TPSA) is 58.4 Å². The third-order valence-electron chi connectivity index (χ3n) is 5.20. The minimum Gasteiger partial charge on any atom is -0.397 e. The summed E-state index contributed by atoms with van der Waals surface area (Å²) in [4.78, 5) is 14.5. The van der Waals surface area contributed by atoms with Crippen LogP contribution in [-0.4, -0.2) is 26.0 Å². The molecule has 146 valence electrons. The largest absolute Gasteiger partial charge is 0.397 e. The number of nitrogens with two attached hydrogens (primary N) is 1. The van der Waals surface area contributed by atoms with Gasteiger partial charge in [-0.1, -0.05) is 51.0 Å². The SMILES string of the molecule is CCCCCN(CC)c1ccc(C(C)c2ccccc2C(=O)NC)cc1N. The molecular weight excluding hydrogens is 334 g/mol. The van der Waals surface area contributed by atoms with E-state index in [0.29, 0.717) is 5.56 Å². The molecule has 3 N–H and O–H groups in total. The first-order valence-corrected chi connectivity index (χ1v) is 9.98. The average molecular weight is 368 g/mol. The van der Waals surface area contributed by atoms with Gasteiger partial charge in [-0.15, -0.1) is 0 Å². The number of rotatable bonds is 9. The molecule has 0 fully saturated rings. The van der Waals surface area contributed by atoms with Gasteiger partial charge in [0.05, 0.1) is 11.4 Å². The molecule has 0 bridgehead atoms. The molecule has 0 aromatic heterocycles. The van der Waals surface area contributed by atoms with E-state index in [2.05, 4.69) is 49.2 Å². The Balaban J connectivity index is 2.28. The normalized spacial score (nSPS) is 11.9. The van der Waals surface area contributed by atoms with Crippen molar-refractivity contribution in [2.75, 3.05) is 30.8 Å². The minimum absolute atomic E-state index is 0.0601. The van der Waals surface area contributed by atoms with Crippen LogP contribution in [0.25, 0.3) is 0 Å². The van der Waals surface area contributed by atoms with Gasteiger partial charge in [0.1, 0.15) is 0 Å². The van der Waals surface area contributed by atoms with Crippen molar-refractivity contribution >= 4 is 17.3 Å². The maximum Gasteiger partial charge on any atom is 0.251 e. The number of benzene rings is 2. The van der Waals surface area contributed by atoms with Gasteiger partial charge in [-0.25, -0.2) is 0 Å². The lowest BCUT2D eigenvalue weighted by atomic mass is 9.89. The molecule has 0 aliphatic rings. The molecule has 0 aliphatic carbocycles. The lowest BCUT2D eigenvalue weighted by molar-refractivity contribution is 0.0962. The second-order valence-corrected chi connectivity index (χ2v) is 6.99. The summed E-state index contributed by atoms with van der Waals surface area (Å²) >= 11 is 0. The minimum atomic E-state index is -0.0601. The van der Waals surface area contributed by atoms with Crippen molar-refractivity contribution in [2.45, 2.75) is 46.0 Å². The molecule has 4 nitrogen and oxygen atoms in total. The molecule has 27 heavy (non-hydrogen) atoms. The van der Waals surface area contributed by atoms with Crippen LogP contribution < -0.4 is 16.0 Å². The van der Waals surface area contributed by atoms with E-state index in [4.69, 9.17) is 5.73 Å². The number of unbranched alkanes of at least 4 members (excludes halogenated alkanes) is 2. The zero-order valence-electron chi connectivity index (χ0n) is 17.1. The maximum atomic E-state index is 12.2. The number of anilines is 2. The summed E-state index contributed by atoms with van der Waals surface area (Å²) in [5, 5.41) is 2.73. The van der Waals surface area contributed by atoms with E-state index in [1.54, 1.807) is 7.05 Å². The molecule has 1 amide bonds. The molecule has 0 heterocycles. The van der Waals surface area contributed by atoms with Crippen LogP contribution >= 0.6 is 0 Å². The van der Waals surface area contributed by atoms with Crippen molar-refractivity contribution in [1.82, 2.24) is 5.32 Å². The zero-order chi connectivity index (χ0) is 19.8. The van der Waals surface area contributed by atoms with Crippen molar-refractivity contribution in [3.05, 3.63) is 59.2 Å². The number of nitrogens with one attached hydrogen (secondary N) is 1. The van der Waals surface area contributed by atoms with E-state index in [9.17, 15) is 4.79 Å². The van der Waals surface area contributed by atoms with Crippen molar-refractivity contribution in [3.63, 3.8) is 0 Å². The Morgan fingerprint density at radius 2 is 1.89 bits per heavy atom. The van der Waals surface area contributed by atoms with Crippen molar-refractivity contribution < 1.29 is 4.79 Å². The first kappa shape index (κ1) is 20.8. The number of hydrogen-bond acceptors (Lipinski definition) is 3. The molecular formula is C23H33N3O. The second kappa shape index (κ2) is 10.0. The summed E-state index contributed by atoms with van der Waals surface area (Å²) in [5.41, 5.74) is 11.2. The summed E-state index contributed by atoms with van der Waals surface area (Å²) in [6.45, 7) is 8.49. The van der Waals surface area contributed by atoms with Crippen LogP contribution in [0.4, 0.5) is 11.4 Å². The van der Waals surface area contributed by atoms with Gasteiger partial charge in [0.25, 0.3) is 5.91 Å². The summed E-state index contributed by atoms with van der Waals surface area (Å²) in [6, 6.07) is 14.1. The van der Waals surface area contributed by atoms with Gasteiger partial charge in [0.2, 0.25) is 0 Å². The van der Waals surface area contributed by atoms with Gasteiger partial charge in [0.15, 0.2) is 0 Å². The number of carbonyl (C=O) groups is 1. The van der Waals surface area contributed by atoms with Crippen LogP contribution in [-0.2, 0) is 0 Å². The maximum absolute atomic E-state index is 12.2. The standard InChI is InChI=1S/C23H33N3O/c1-5-7-10-15-26(6-2)22-14-13-18(16-21(22)24)17(3)19-11-8-9-12-20(19)23(27)25-4/h8-9,11-14,16-17H,5-7,10,15,24H2,1-4H3,(H,25,27). The highest BCUT2D eigenvalue weighted by Gasteiger charge is 2.18. The third-order valence-corrected chi connectivity index (χ3v) is 5.20. The summed E-state index contributed by atoms with van der Waals surface area (Å²) in [5.74, 6) is 0.0279. The van der Waals surface area contributed by atoms with Gasteiger partial charge in [0, 0.05) is 31.6 Å². The van der Waals surface area contributed by atoms with E-state index >= 15 is 0 Å². The highest BCUT2D eigenvalue weighted by molar-refractivity contribution is 5.95. The van der Waals surface area contributed by atoms with Gasteiger partial charge < -0.3 is 16.0 Å². The van der Waals surface area contributed by atoms with Crippen molar-refractivity contribution in [2.24, 2.45) is 0 Å². The molecule has 2 aromatic rings. The lowest BCUT2D eigenvalue weighted by Gasteiger charge is -2.26. The monoisotopic (exact) mass is 367 g/mol. The van der Waals surface area contributed by atoms with Crippen molar-refractivity contribution in [3.8, 4) is 0 Å². The smallest absolute Gasteiger partial charge is 0.251 e. The quantitative estimate of drug-likeness (QED) is 0.494. The number of hydrogen-bond donors (Lipinski definition) is 2. The van der Waals surface area contributed by atoms with E-state index in [1.807, 2.05) is 24.3 Å². The fourth-order valence-corrected chi connectivity index (χ4v) is 3.53. The molecule has 1 atom stereocenters. The van der Waals surface area contributed by atoms with Crippen LogP contribution in [0.2, 0.25) is 0 Å². The molecule has 0 radical (unpaired) electrons. The number of amides is 1. The van der Waals surface area contributed by atoms with Gasteiger partial charge in [-0.3, -0.25) is 4.79 Å². The lowest BCUT2D eigenvalue weighted by Crippen LogP contribution is -2.25. The Bertz CT molecular complexity index is 757. The fraction of sp³-hybridized carbons (Fsp3) is 0.435. The molecule has 0 aliphatic heterocycles. The zero-order valence-corrected chi connectivity index (χ0v) is 17.1. The summed E-state index contributed by atoms with van der Waals surface area (Å²) in [6.07, 6.45) is 3.64. The highest BCUT2D eigenvalue weighted by Crippen LogP contribution is 2.32. The van der Waals surface area contributed by atoms with E-state index < -0.39 is 0 Å². The van der Waals surface area contributed by atoms with Crippen LogP contribution in [0.5, 0.6) is 0 Å². The van der Waals surface area contributed by atoms with Gasteiger partial charge in [-0.05, 0) is 42.7 Å². The summed E-state index contributed by atoms with van der Waals surface area (Å²) < 4.78 is 0. The predicted molar refractivity (Wildman–Crippen MR) is 116 cm³/mol. The Morgan fingerprint density at radius 1 is 1.15 bits per heavy atom. The highest BCUT2D eigenvalue weighted by atomic mass is 16.1. The van der Waals surface area contributed by atoms with E-state index in [0.717, 1.165) is 35.6 Å². The fourth-order valence-electron chi connectivity index (χ4n) is 3.53. The molecule has 1 unspecified atom stereocenters. The number of carbonyl (C=O) groups excluding carboxylic acids is 1. The third kappa shape index (κ3) is 5.03. The first-order valence-electron chi connectivity index (χ1n) is 9.98. The molecule has 0 spiro atoms. The number of nitrogen functional groups attached to an aromatic ring is 1. The first-order chi connectivity index (χ1) is 13.0. The van der Waals surface area contributed by atoms with Crippen LogP contribution in [0, 0.1) is 0 Å².